The molecule has 1 aromatic heterocycles. The van der Waals surface area contributed by atoms with Gasteiger partial charge in [0.05, 0.1) is 5.01 Å². The van der Waals surface area contributed by atoms with Crippen molar-refractivity contribution in [1.82, 2.24) is 10.3 Å². The van der Waals surface area contributed by atoms with Crippen LogP contribution in [0.4, 0.5) is 0 Å². The third-order valence-electron chi connectivity index (χ3n) is 4.18. The molecule has 1 fully saturated rings. The van der Waals surface area contributed by atoms with Crippen molar-refractivity contribution in [3.63, 3.8) is 0 Å². The van der Waals surface area contributed by atoms with Gasteiger partial charge in [0.15, 0.2) is 0 Å². The summed E-state index contributed by atoms with van der Waals surface area (Å²) in [6, 6.07) is 0.725. The molecule has 1 aliphatic rings. The van der Waals surface area contributed by atoms with Gasteiger partial charge in [-0.1, -0.05) is 34.1 Å². The molecule has 2 rings (SSSR count). The lowest BCUT2D eigenvalue weighted by molar-refractivity contribution is 0.285. The fraction of sp³-hybridized carbons (Fsp3) is 0.812. The van der Waals surface area contributed by atoms with Gasteiger partial charge in [-0.3, -0.25) is 0 Å². The van der Waals surface area contributed by atoms with Gasteiger partial charge in [0.2, 0.25) is 0 Å². The Kier molecular flexibility index (Phi) is 5.02. The maximum atomic E-state index is 4.56. The van der Waals surface area contributed by atoms with E-state index in [-0.39, 0.29) is 5.41 Å². The molecule has 1 N–H and O–H groups in total. The summed E-state index contributed by atoms with van der Waals surface area (Å²) in [4.78, 5) is 5.93. The largest absolute Gasteiger partial charge is 0.309 e. The molecule has 0 spiro atoms. The van der Waals surface area contributed by atoms with Crippen molar-refractivity contribution in [2.24, 2.45) is 5.92 Å². The first-order chi connectivity index (χ1) is 8.99. The second-order valence-corrected chi connectivity index (χ2v) is 8.00. The van der Waals surface area contributed by atoms with E-state index in [9.17, 15) is 0 Å². The van der Waals surface area contributed by atoms with Crippen molar-refractivity contribution in [1.29, 1.82) is 0 Å². The molecule has 1 heterocycles. The zero-order valence-electron chi connectivity index (χ0n) is 12.8. The van der Waals surface area contributed by atoms with Crippen LogP contribution < -0.4 is 5.32 Å². The second-order valence-electron chi connectivity index (χ2n) is 6.89. The zero-order valence-corrected chi connectivity index (χ0v) is 13.6. The molecule has 0 saturated heterocycles. The predicted octanol–water partition coefficient (Wildman–Crippen LogP) is 4.50. The van der Waals surface area contributed by atoms with Gasteiger partial charge in [0.1, 0.15) is 0 Å². The maximum Gasteiger partial charge on any atom is 0.0981 e. The highest BCUT2D eigenvalue weighted by atomic mass is 32.1. The molecule has 3 heteroatoms. The summed E-state index contributed by atoms with van der Waals surface area (Å²) in [5.41, 5.74) is 0.183. The lowest BCUT2D eigenvalue weighted by Gasteiger charge is -2.28. The normalized spacial score (nSPS) is 24.6. The van der Waals surface area contributed by atoms with E-state index in [1.54, 1.807) is 0 Å². The minimum absolute atomic E-state index is 0.183. The van der Waals surface area contributed by atoms with Crippen molar-refractivity contribution in [3.8, 4) is 0 Å². The van der Waals surface area contributed by atoms with Crippen molar-refractivity contribution in [2.45, 2.75) is 77.8 Å². The van der Waals surface area contributed by atoms with Crippen molar-refractivity contribution in [3.05, 3.63) is 16.1 Å². The summed E-state index contributed by atoms with van der Waals surface area (Å²) in [6.07, 6.45) is 8.92. The van der Waals surface area contributed by atoms with Crippen LogP contribution in [0.15, 0.2) is 6.20 Å². The van der Waals surface area contributed by atoms with Crippen molar-refractivity contribution >= 4 is 11.3 Å². The molecule has 0 amide bonds. The van der Waals surface area contributed by atoms with E-state index < -0.39 is 0 Å². The molecule has 0 aromatic carbocycles. The Morgan fingerprint density at radius 3 is 2.47 bits per heavy atom. The van der Waals surface area contributed by atoms with Crippen LogP contribution in [0.3, 0.4) is 0 Å². The number of rotatable bonds is 4. The van der Waals surface area contributed by atoms with Crippen LogP contribution in [0, 0.1) is 5.92 Å². The monoisotopic (exact) mass is 280 g/mol. The van der Waals surface area contributed by atoms with Crippen molar-refractivity contribution in [2.75, 3.05) is 0 Å². The van der Waals surface area contributed by atoms with Crippen LogP contribution in [0.1, 0.15) is 69.7 Å². The molecule has 0 atom stereocenters. The Morgan fingerprint density at radius 1 is 1.26 bits per heavy atom. The standard InChI is InChI=1S/C16H28N2S/c1-5-12-6-8-13(9-7-12)17-10-14-11-18-15(19-14)16(2,3)4/h11-13,17H,5-10H2,1-4H3. The average molecular weight is 280 g/mol. The first kappa shape index (κ1) is 15.0. The number of aromatic nitrogens is 1. The molecule has 0 unspecified atom stereocenters. The molecule has 19 heavy (non-hydrogen) atoms. The summed E-state index contributed by atoms with van der Waals surface area (Å²) < 4.78 is 0. The Hall–Kier alpha value is -0.410. The highest BCUT2D eigenvalue weighted by Crippen LogP contribution is 2.28. The van der Waals surface area contributed by atoms with E-state index in [1.165, 1.54) is 42.0 Å². The van der Waals surface area contributed by atoms with Crippen LogP contribution in [0.25, 0.3) is 0 Å². The smallest absolute Gasteiger partial charge is 0.0981 e. The Balaban J connectivity index is 1.78. The first-order valence-electron chi connectivity index (χ1n) is 7.67. The van der Waals surface area contributed by atoms with E-state index in [1.807, 2.05) is 11.3 Å². The summed E-state index contributed by atoms with van der Waals surface area (Å²) >= 11 is 1.86. The van der Waals surface area contributed by atoms with Gasteiger partial charge in [-0.25, -0.2) is 4.98 Å². The number of nitrogens with zero attached hydrogens (tertiary/aromatic N) is 1. The Morgan fingerprint density at radius 2 is 1.95 bits per heavy atom. The van der Waals surface area contributed by atoms with Gasteiger partial charge in [-0.15, -0.1) is 11.3 Å². The third kappa shape index (κ3) is 4.28. The summed E-state index contributed by atoms with van der Waals surface area (Å²) in [5, 5.41) is 4.97. The SMILES string of the molecule is CCC1CCC(NCc2cnc(C(C)(C)C)s2)CC1. The minimum Gasteiger partial charge on any atom is -0.309 e. The molecule has 108 valence electrons. The summed E-state index contributed by atoms with van der Waals surface area (Å²) in [5.74, 6) is 0.981. The van der Waals surface area contributed by atoms with Gasteiger partial charge in [0.25, 0.3) is 0 Å². The Bertz CT molecular complexity index is 384. The lowest BCUT2D eigenvalue weighted by atomic mass is 9.84. The van der Waals surface area contributed by atoms with E-state index >= 15 is 0 Å². The van der Waals surface area contributed by atoms with Crippen LogP contribution >= 0.6 is 11.3 Å². The van der Waals surface area contributed by atoms with Gasteiger partial charge < -0.3 is 5.32 Å². The number of hydrogen-bond donors (Lipinski definition) is 1. The van der Waals surface area contributed by atoms with E-state index in [0.717, 1.165) is 18.5 Å². The molecule has 2 nitrogen and oxygen atoms in total. The topological polar surface area (TPSA) is 24.9 Å². The average Bonchev–Trinajstić information content (AvgIpc) is 2.86. The third-order valence-corrected chi connectivity index (χ3v) is 5.61. The highest BCUT2D eigenvalue weighted by molar-refractivity contribution is 7.11. The van der Waals surface area contributed by atoms with Crippen LogP contribution in [0.5, 0.6) is 0 Å². The van der Waals surface area contributed by atoms with E-state index in [2.05, 4.69) is 44.2 Å². The number of hydrogen-bond acceptors (Lipinski definition) is 3. The van der Waals surface area contributed by atoms with Crippen LogP contribution in [-0.2, 0) is 12.0 Å². The van der Waals surface area contributed by atoms with Gasteiger partial charge >= 0.3 is 0 Å². The molecule has 0 aliphatic heterocycles. The van der Waals surface area contributed by atoms with Gasteiger partial charge in [-0.2, -0.15) is 0 Å². The van der Waals surface area contributed by atoms with E-state index in [0.29, 0.717) is 0 Å². The molecular formula is C16H28N2S. The predicted molar refractivity (Wildman–Crippen MR) is 83.7 cm³/mol. The molecule has 0 radical (unpaired) electrons. The number of thiazole rings is 1. The second kappa shape index (κ2) is 6.36. The fourth-order valence-corrected chi connectivity index (χ4v) is 3.68. The van der Waals surface area contributed by atoms with Crippen LogP contribution in [-0.4, -0.2) is 11.0 Å². The Labute approximate surface area is 122 Å². The summed E-state index contributed by atoms with van der Waals surface area (Å²) in [6.45, 7) is 10.0. The first-order valence-corrected chi connectivity index (χ1v) is 8.49. The zero-order chi connectivity index (χ0) is 13.9. The van der Waals surface area contributed by atoms with Crippen LogP contribution in [0.2, 0.25) is 0 Å². The highest BCUT2D eigenvalue weighted by Gasteiger charge is 2.21. The fourth-order valence-electron chi connectivity index (χ4n) is 2.76. The lowest BCUT2D eigenvalue weighted by Crippen LogP contribution is -2.32. The van der Waals surface area contributed by atoms with Crippen molar-refractivity contribution < 1.29 is 0 Å². The molecular weight excluding hydrogens is 252 g/mol. The molecule has 1 aliphatic carbocycles. The number of nitrogens with one attached hydrogen (secondary N) is 1. The quantitative estimate of drug-likeness (QED) is 0.878. The van der Waals surface area contributed by atoms with E-state index in [4.69, 9.17) is 0 Å². The molecule has 1 aromatic rings. The molecule has 1 saturated carbocycles. The van der Waals surface area contributed by atoms with Gasteiger partial charge in [-0.05, 0) is 31.6 Å². The summed E-state index contributed by atoms with van der Waals surface area (Å²) in [7, 11) is 0. The molecule has 0 bridgehead atoms. The van der Waals surface area contributed by atoms with Gasteiger partial charge in [0, 0.05) is 29.1 Å². The maximum absolute atomic E-state index is 4.56. The minimum atomic E-state index is 0.183.